The highest BCUT2D eigenvalue weighted by Crippen LogP contribution is 2.30. The van der Waals surface area contributed by atoms with Crippen LogP contribution in [0, 0.1) is 0 Å². The minimum absolute atomic E-state index is 0.676. The number of hydrogen-bond donors (Lipinski definition) is 1. The fraction of sp³-hybridized carbons (Fsp3) is 0.571. The predicted octanol–water partition coefficient (Wildman–Crippen LogP) is 1.97. The standard InChI is InChI=1S/C14H20N2/c1-16(13-6-7-13)10-12-9-15-8-11-4-2-3-5-14(11)12/h2-5,12-13,15H,6-10H2,1H3. The summed E-state index contributed by atoms with van der Waals surface area (Å²) in [5, 5.41) is 3.53. The normalized spacial score (nSPS) is 24.5. The molecule has 1 N–H and O–H groups in total. The van der Waals surface area contributed by atoms with Gasteiger partial charge in [0.25, 0.3) is 0 Å². The van der Waals surface area contributed by atoms with Crippen LogP contribution in [0.2, 0.25) is 0 Å². The number of nitrogens with one attached hydrogen (secondary N) is 1. The molecule has 0 saturated heterocycles. The summed E-state index contributed by atoms with van der Waals surface area (Å²) in [6, 6.07) is 9.75. The van der Waals surface area contributed by atoms with E-state index in [2.05, 4.69) is 41.5 Å². The third-order valence-corrected chi connectivity index (χ3v) is 3.88. The molecule has 1 heterocycles. The minimum Gasteiger partial charge on any atom is -0.312 e. The molecule has 2 nitrogen and oxygen atoms in total. The van der Waals surface area contributed by atoms with Gasteiger partial charge in [-0.3, -0.25) is 0 Å². The van der Waals surface area contributed by atoms with Gasteiger partial charge in [0, 0.05) is 31.6 Å². The van der Waals surface area contributed by atoms with Crippen molar-refractivity contribution in [1.82, 2.24) is 10.2 Å². The number of fused-ring (bicyclic) bond motifs is 1. The van der Waals surface area contributed by atoms with E-state index in [0.717, 1.165) is 19.1 Å². The van der Waals surface area contributed by atoms with Crippen LogP contribution >= 0.6 is 0 Å². The Morgan fingerprint density at radius 1 is 1.31 bits per heavy atom. The van der Waals surface area contributed by atoms with Crippen LogP contribution in [-0.2, 0) is 6.54 Å². The van der Waals surface area contributed by atoms with Gasteiger partial charge in [0.2, 0.25) is 0 Å². The quantitative estimate of drug-likeness (QED) is 0.831. The number of likely N-dealkylation sites (N-methyl/N-ethyl adjacent to an activating group) is 1. The van der Waals surface area contributed by atoms with E-state index in [4.69, 9.17) is 0 Å². The summed E-state index contributed by atoms with van der Waals surface area (Å²) >= 11 is 0. The smallest absolute Gasteiger partial charge is 0.0208 e. The molecule has 16 heavy (non-hydrogen) atoms. The van der Waals surface area contributed by atoms with Crippen molar-refractivity contribution >= 4 is 0 Å². The molecule has 3 rings (SSSR count). The number of hydrogen-bond acceptors (Lipinski definition) is 2. The molecule has 0 bridgehead atoms. The molecule has 1 aromatic carbocycles. The lowest BCUT2D eigenvalue weighted by Crippen LogP contribution is -2.36. The maximum atomic E-state index is 3.53. The van der Waals surface area contributed by atoms with Gasteiger partial charge in [-0.2, -0.15) is 0 Å². The highest BCUT2D eigenvalue weighted by Gasteiger charge is 2.29. The van der Waals surface area contributed by atoms with Gasteiger partial charge in [0.05, 0.1) is 0 Å². The first-order chi connectivity index (χ1) is 7.84. The number of benzene rings is 1. The Balaban J connectivity index is 1.76. The topological polar surface area (TPSA) is 15.3 Å². The highest BCUT2D eigenvalue weighted by molar-refractivity contribution is 5.32. The van der Waals surface area contributed by atoms with Crippen molar-refractivity contribution in [3.63, 3.8) is 0 Å². The average molecular weight is 216 g/mol. The summed E-state index contributed by atoms with van der Waals surface area (Å²) < 4.78 is 0. The fourth-order valence-corrected chi connectivity index (χ4v) is 2.76. The van der Waals surface area contributed by atoms with Gasteiger partial charge >= 0.3 is 0 Å². The van der Waals surface area contributed by atoms with E-state index in [1.807, 2.05) is 0 Å². The van der Waals surface area contributed by atoms with E-state index in [9.17, 15) is 0 Å². The van der Waals surface area contributed by atoms with Crippen molar-refractivity contribution in [3.05, 3.63) is 35.4 Å². The van der Waals surface area contributed by atoms with Crippen LogP contribution in [0.15, 0.2) is 24.3 Å². The largest absolute Gasteiger partial charge is 0.312 e. The Kier molecular flexibility index (Phi) is 2.70. The summed E-state index contributed by atoms with van der Waals surface area (Å²) in [6.07, 6.45) is 2.80. The fourth-order valence-electron chi connectivity index (χ4n) is 2.76. The SMILES string of the molecule is CN(CC1CNCc2ccccc21)C1CC1. The second kappa shape index (κ2) is 4.19. The molecule has 0 amide bonds. The zero-order valence-electron chi connectivity index (χ0n) is 9.95. The van der Waals surface area contributed by atoms with E-state index < -0.39 is 0 Å². The average Bonchev–Trinajstić information content (AvgIpc) is 3.13. The van der Waals surface area contributed by atoms with Crippen molar-refractivity contribution in [2.24, 2.45) is 0 Å². The molecule has 1 aromatic rings. The lowest BCUT2D eigenvalue weighted by Gasteiger charge is -2.30. The predicted molar refractivity (Wildman–Crippen MR) is 66.5 cm³/mol. The molecule has 1 fully saturated rings. The molecular formula is C14H20N2. The van der Waals surface area contributed by atoms with Crippen molar-refractivity contribution in [1.29, 1.82) is 0 Å². The third-order valence-electron chi connectivity index (χ3n) is 3.88. The van der Waals surface area contributed by atoms with E-state index in [1.165, 1.54) is 24.9 Å². The summed E-state index contributed by atoms with van der Waals surface area (Å²) in [7, 11) is 2.27. The van der Waals surface area contributed by atoms with Crippen LogP contribution in [0.25, 0.3) is 0 Å². The Bertz CT molecular complexity index is 371. The van der Waals surface area contributed by atoms with Crippen LogP contribution in [0.4, 0.5) is 0 Å². The molecule has 1 unspecified atom stereocenters. The third kappa shape index (κ3) is 2.00. The van der Waals surface area contributed by atoms with Gasteiger partial charge in [0.1, 0.15) is 0 Å². The summed E-state index contributed by atoms with van der Waals surface area (Å²) in [5.74, 6) is 0.676. The first kappa shape index (κ1) is 10.3. The summed E-state index contributed by atoms with van der Waals surface area (Å²) in [6.45, 7) is 3.38. The van der Waals surface area contributed by atoms with Gasteiger partial charge < -0.3 is 10.2 Å². The van der Waals surface area contributed by atoms with Gasteiger partial charge in [-0.15, -0.1) is 0 Å². The minimum atomic E-state index is 0.676. The second-order valence-electron chi connectivity index (χ2n) is 5.20. The van der Waals surface area contributed by atoms with Crippen LogP contribution in [0.1, 0.15) is 29.9 Å². The summed E-state index contributed by atoms with van der Waals surface area (Å²) in [4.78, 5) is 2.54. The highest BCUT2D eigenvalue weighted by atomic mass is 15.2. The molecule has 1 saturated carbocycles. The number of rotatable bonds is 3. The maximum Gasteiger partial charge on any atom is 0.0208 e. The molecule has 2 heteroatoms. The monoisotopic (exact) mass is 216 g/mol. The first-order valence-corrected chi connectivity index (χ1v) is 6.33. The van der Waals surface area contributed by atoms with E-state index >= 15 is 0 Å². The van der Waals surface area contributed by atoms with Crippen LogP contribution in [0.5, 0.6) is 0 Å². The molecule has 1 atom stereocenters. The van der Waals surface area contributed by atoms with E-state index in [1.54, 1.807) is 5.56 Å². The molecule has 0 radical (unpaired) electrons. The van der Waals surface area contributed by atoms with Gasteiger partial charge in [-0.25, -0.2) is 0 Å². The van der Waals surface area contributed by atoms with Crippen molar-refractivity contribution < 1.29 is 0 Å². The molecular weight excluding hydrogens is 196 g/mol. The van der Waals surface area contributed by atoms with Crippen molar-refractivity contribution in [2.45, 2.75) is 31.3 Å². The van der Waals surface area contributed by atoms with Crippen LogP contribution in [-0.4, -0.2) is 31.1 Å². The Morgan fingerprint density at radius 3 is 2.94 bits per heavy atom. The lowest BCUT2D eigenvalue weighted by molar-refractivity contribution is 0.291. The lowest BCUT2D eigenvalue weighted by atomic mass is 9.90. The van der Waals surface area contributed by atoms with Gasteiger partial charge in [0.15, 0.2) is 0 Å². The van der Waals surface area contributed by atoms with Crippen LogP contribution in [0.3, 0.4) is 0 Å². The molecule has 1 aliphatic carbocycles. The zero-order chi connectivity index (χ0) is 11.0. The summed E-state index contributed by atoms with van der Waals surface area (Å²) in [5.41, 5.74) is 3.05. The van der Waals surface area contributed by atoms with Crippen molar-refractivity contribution in [2.75, 3.05) is 20.1 Å². The molecule has 0 aromatic heterocycles. The molecule has 0 spiro atoms. The van der Waals surface area contributed by atoms with Crippen LogP contribution < -0.4 is 5.32 Å². The maximum absolute atomic E-state index is 3.53. The van der Waals surface area contributed by atoms with Crippen molar-refractivity contribution in [3.8, 4) is 0 Å². The Hall–Kier alpha value is -0.860. The molecule has 1 aliphatic heterocycles. The Labute approximate surface area is 97.6 Å². The van der Waals surface area contributed by atoms with Gasteiger partial charge in [-0.05, 0) is 31.0 Å². The molecule has 86 valence electrons. The van der Waals surface area contributed by atoms with E-state index in [-0.39, 0.29) is 0 Å². The Morgan fingerprint density at radius 2 is 2.12 bits per heavy atom. The van der Waals surface area contributed by atoms with Gasteiger partial charge in [-0.1, -0.05) is 24.3 Å². The first-order valence-electron chi connectivity index (χ1n) is 6.33. The van der Waals surface area contributed by atoms with E-state index in [0.29, 0.717) is 5.92 Å². The zero-order valence-corrected chi connectivity index (χ0v) is 9.95. The second-order valence-corrected chi connectivity index (χ2v) is 5.20. The number of nitrogens with zero attached hydrogens (tertiary/aromatic N) is 1. The molecule has 2 aliphatic rings.